The average molecular weight is 463 g/mol. The van der Waals surface area contributed by atoms with Crippen LogP contribution >= 0.6 is 24.0 Å². The molecule has 7 heteroatoms. The molecule has 0 bridgehead atoms. The van der Waals surface area contributed by atoms with Crippen molar-refractivity contribution in [3.63, 3.8) is 0 Å². The molecule has 0 atom stereocenters. The van der Waals surface area contributed by atoms with Crippen LogP contribution < -0.4 is 10.6 Å². The van der Waals surface area contributed by atoms with Gasteiger partial charge in [0, 0.05) is 32.5 Å². The van der Waals surface area contributed by atoms with E-state index in [-0.39, 0.29) is 24.0 Å². The molecule has 144 valence electrons. The van der Waals surface area contributed by atoms with Gasteiger partial charge < -0.3 is 15.2 Å². The Hall–Kier alpha value is -0.860. The van der Waals surface area contributed by atoms with Crippen molar-refractivity contribution < 1.29 is 4.52 Å². The molecule has 6 nitrogen and oxygen atoms in total. The molecule has 1 aromatic heterocycles. The van der Waals surface area contributed by atoms with Gasteiger partial charge in [0.1, 0.15) is 0 Å². The van der Waals surface area contributed by atoms with Crippen molar-refractivity contribution in [2.45, 2.75) is 65.7 Å². The fraction of sp³-hybridized carbons (Fsp3) is 0.833. The third-order valence-electron chi connectivity index (χ3n) is 4.74. The van der Waals surface area contributed by atoms with Crippen molar-refractivity contribution >= 4 is 29.9 Å². The summed E-state index contributed by atoms with van der Waals surface area (Å²) in [5.74, 6) is 3.35. The summed E-state index contributed by atoms with van der Waals surface area (Å²) in [5, 5.41) is 10.8. The molecular formula is C18H34IN5O. The van der Waals surface area contributed by atoms with E-state index in [1.165, 1.54) is 25.7 Å². The van der Waals surface area contributed by atoms with Gasteiger partial charge in [-0.05, 0) is 30.6 Å². The lowest BCUT2D eigenvalue weighted by Gasteiger charge is -2.43. The maximum atomic E-state index is 5.26. The molecule has 0 unspecified atom stereocenters. The zero-order chi connectivity index (χ0) is 17.6. The second-order valence-corrected chi connectivity index (χ2v) is 7.76. The van der Waals surface area contributed by atoms with Crippen LogP contribution in [0.25, 0.3) is 0 Å². The molecule has 0 saturated heterocycles. The molecule has 0 aliphatic heterocycles. The van der Waals surface area contributed by atoms with Gasteiger partial charge in [0.15, 0.2) is 11.8 Å². The van der Waals surface area contributed by atoms with E-state index in [1.54, 1.807) is 0 Å². The van der Waals surface area contributed by atoms with Crippen LogP contribution in [0.15, 0.2) is 9.52 Å². The summed E-state index contributed by atoms with van der Waals surface area (Å²) in [6.45, 7) is 10.5. The molecule has 1 aromatic rings. The Labute approximate surface area is 169 Å². The summed E-state index contributed by atoms with van der Waals surface area (Å²) in [4.78, 5) is 8.72. The van der Waals surface area contributed by atoms with E-state index in [9.17, 15) is 0 Å². The van der Waals surface area contributed by atoms with Gasteiger partial charge >= 0.3 is 0 Å². The first kappa shape index (κ1) is 22.2. The summed E-state index contributed by atoms with van der Waals surface area (Å²) >= 11 is 0. The van der Waals surface area contributed by atoms with Gasteiger partial charge in [0.2, 0.25) is 5.89 Å². The number of aromatic nitrogens is 2. The lowest BCUT2D eigenvalue weighted by Crippen LogP contribution is -2.47. The van der Waals surface area contributed by atoms with Gasteiger partial charge in [-0.2, -0.15) is 4.98 Å². The third kappa shape index (κ3) is 6.75. The maximum absolute atomic E-state index is 5.26. The second kappa shape index (κ2) is 10.3. The predicted molar refractivity (Wildman–Crippen MR) is 113 cm³/mol. The van der Waals surface area contributed by atoms with Gasteiger partial charge in [0.25, 0.3) is 0 Å². The number of nitrogens with one attached hydrogen (secondary N) is 2. The minimum Gasteiger partial charge on any atom is -0.356 e. The molecule has 0 aromatic carbocycles. The van der Waals surface area contributed by atoms with Crippen molar-refractivity contribution in [2.75, 3.05) is 20.1 Å². The van der Waals surface area contributed by atoms with E-state index < -0.39 is 0 Å². The number of guanidine groups is 1. The van der Waals surface area contributed by atoms with E-state index in [4.69, 9.17) is 4.52 Å². The highest BCUT2D eigenvalue weighted by atomic mass is 127. The van der Waals surface area contributed by atoms with Gasteiger partial charge in [-0.15, -0.1) is 24.0 Å². The van der Waals surface area contributed by atoms with Crippen LogP contribution in [0.2, 0.25) is 0 Å². The molecule has 1 aliphatic rings. The van der Waals surface area contributed by atoms with E-state index in [2.05, 4.69) is 53.5 Å². The summed E-state index contributed by atoms with van der Waals surface area (Å²) in [6.07, 6.45) is 6.01. The number of aliphatic imine (C=N–C) groups is 1. The smallest absolute Gasteiger partial charge is 0.228 e. The van der Waals surface area contributed by atoms with Crippen molar-refractivity contribution in [3.8, 4) is 0 Å². The van der Waals surface area contributed by atoms with Crippen LogP contribution in [-0.2, 0) is 6.42 Å². The molecule has 1 heterocycles. The highest BCUT2D eigenvalue weighted by Crippen LogP contribution is 2.45. The largest absolute Gasteiger partial charge is 0.356 e. The molecule has 1 saturated carbocycles. The molecular weight excluding hydrogens is 429 g/mol. The van der Waals surface area contributed by atoms with E-state index in [0.717, 1.165) is 30.8 Å². The SMILES string of the molecule is CN=C(NCCc1nc(C(C)C)no1)NCC1(CC(C)C)CCC1.I. The first-order valence-corrected chi connectivity index (χ1v) is 9.21. The second-order valence-electron chi connectivity index (χ2n) is 7.76. The average Bonchev–Trinajstić information content (AvgIpc) is 2.96. The van der Waals surface area contributed by atoms with Crippen LogP contribution in [0, 0.1) is 11.3 Å². The maximum Gasteiger partial charge on any atom is 0.228 e. The molecule has 0 amide bonds. The Bertz CT molecular complexity index is 537. The zero-order valence-electron chi connectivity index (χ0n) is 16.3. The van der Waals surface area contributed by atoms with Gasteiger partial charge in [-0.1, -0.05) is 39.3 Å². The highest BCUT2D eigenvalue weighted by Gasteiger charge is 2.37. The Morgan fingerprint density at radius 2 is 1.96 bits per heavy atom. The van der Waals surface area contributed by atoms with E-state index in [1.807, 2.05) is 7.05 Å². The van der Waals surface area contributed by atoms with Crippen LogP contribution in [-0.4, -0.2) is 36.2 Å². The molecule has 0 radical (unpaired) electrons. The Kier molecular flexibility index (Phi) is 9.16. The first-order valence-electron chi connectivity index (χ1n) is 9.21. The quantitative estimate of drug-likeness (QED) is 0.349. The lowest BCUT2D eigenvalue weighted by molar-refractivity contribution is 0.104. The topological polar surface area (TPSA) is 75.3 Å². The van der Waals surface area contributed by atoms with Crippen LogP contribution in [0.4, 0.5) is 0 Å². The first-order chi connectivity index (χ1) is 11.4. The van der Waals surface area contributed by atoms with Crippen LogP contribution in [0.1, 0.15) is 71.0 Å². The highest BCUT2D eigenvalue weighted by molar-refractivity contribution is 14.0. The normalized spacial score (nSPS) is 16.5. The summed E-state index contributed by atoms with van der Waals surface area (Å²) in [7, 11) is 1.81. The summed E-state index contributed by atoms with van der Waals surface area (Å²) in [5.41, 5.74) is 0.463. The molecule has 1 aliphatic carbocycles. The zero-order valence-corrected chi connectivity index (χ0v) is 18.6. The van der Waals surface area contributed by atoms with Gasteiger partial charge in [0.05, 0.1) is 0 Å². The standard InChI is InChI=1S/C18H33N5O.HI/c1-13(2)11-18(8-6-9-18)12-21-17(19-5)20-10-7-15-22-16(14(3)4)23-24-15;/h13-14H,6-12H2,1-5H3,(H2,19,20,21);1H. The Morgan fingerprint density at radius 3 is 2.44 bits per heavy atom. The Balaban J connectivity index is 0.00000312. The fourth-order valence-electron chi connectivity index (χ4n) is 3.38. The van der Waals surface area contributed by atoms with Crippen molar-refractivity contribution in [1.29, 1.82) is 0 Å². The third-order valence-corrected chi connectivity index (χ3v) is 4.74. The number of nitrogens with zero attached hydrogens (tertiary/aromatic N) is 3. The van der Waals surface area contributed by atoms with E-state index >= 15 is 0 Å². The predicted octanol–water partition coefficient (Wildman–Crippen LogP) is 3.73. The van der Waals surface area contributed by atoms with Crippen molar-refractivity contribution in [1.82, 2.24) is 20.8 Å². The summed E-state index contributed by atoms with van der Waals surface area (Å²) in [6, 6.07) is 0. The molecule has 1 fully saturated rings. The van der Waals surface area contributed by atoms with Crippen molar-refractivity contribution in [3.05, 3.63) is 11.7 Å². The Morgan fingerprint density at radius 1 is 1.24 bits per heavy atom. The number of hydrogen-bond donors (Lipinski definition) is 2. The minimum absolute atomic E-state index is 0. The summed E-state index contributed by atoms with van der Waals surface area (Å²) < 4.78 is 5.26. The number of halogens is 1. The van der Waals surface area contributed by atoms with Crippen LogP contribution in [0.5, 0.6) is 0 Å². The van der Waals surface area contributed by atoms with Gasteiger partial charge in [-0.3, -0.25) is 4.99 Å². The molecule has 2 N–H and O–H groups in total. The minimum atomic E-state index is 0. The molecule has 0 spiro atoms. The van der Waals surface area contributed by atoms with Crippen molar-refractivity contribution in [2.24, 2.45) is 16.3 Å². The molecule has 2 rings (SSSR count). The number of hydrogen-bond acceptors (Lipinski definition) is 4. The van der Waals surface area contributed by atoms with E-state index in [0.29, 0.717) is 23.6 Å². The number of rotatable bonds is 8. The molecule has 25 heavy (non-hydrogen) atoms. The van der Waals surface area contributed by atoms with Gasteiger partial charge in [-0.25, -0.2) is 0 Å². The fourth-order valence-corrected chi connectivity index (χ4v) is 3.38. The van der Waals surface area contributed by atoms with Crippen LogP contribution in [0.3, 0.4) is 0 Å². The monoisotopic (exact) mass is 463 g/mol. The lowest BCUT2D eigenvalue weighted by atomic mass is 9.64.